The highest BCUT2D eigenvalue weighted by atomic mass is 79.9. The molecule has 3 rings (SSSR count). The van der Waals surface area contributed by atoms with Gasteiger partial charge < -0.3 is 10.6 Å². The number of hydrogen-bond acceptors (Lipinski definition) is 3. The Morgan fingerprint density at radius 3 is 2.38 bits per heavy atom. The first-order chi connectivity index (χ1) is 12.2. The summed E-state index contributed by atoms with van der Waals surface area (Å²) < 4.78 is 1.14. The van der Waals surface area contributed by atoms with Crippen molar-refractivity contribution in [2.24, 2.45) is 5.73 Å². The summed E-state index contributed by atoms with van der Waals surface area (Å²) in [7, 11) is 0. The molecule has 5 heteroatoms. The van der Waals surface area contributed by atoms with Crippen molar-refractivity contribution in [3.05, 3.63) is 64.1 Å². The van der Waals surface area contributed by atoms with Crippen LogP contribution in [0.1, 0.15) is 24.5 Å². The van der Waals surface area contributed by atoms with Crippen LogP contribution in [0.4, 0.5) is 5.69 Å². The SMILES string of the molecule is CCC(N)Cc1cc(Br)ccc1N1CCN(Cc2ccccc2)CC1.Cl. The Labute approximate surface area is 172 Å². The van der Waals surface area contributed by atoms with Gasteiger partial charge in [-0.05, 0) is 42.2 Å². The predicted molar refractivity (Wildman–Crippen MR) is 117 cm³/mol. The fraction of sp³-hybridized carbons (Fsp3) is 0.429. The molecule has 2 aromatic carbocycles. The lowest BCUT2D eigenvalue weighted by Gasteiger charge is -2.37. The maximum atomic E-state index is 6.22. The van der Waals surface area contributed by atoms with E-state index in [0.717, 1.165) is 50.0 Å². The van der Waals surface area contributed by atoms with E-state index in [1.54, 1.807) is 0 Å². The van der Waals surface area contributed by atoms with Crippen molar-refractivity contribution < 1.29 is 0 Å². The van der Waals surface area contributed by atoms with Gasteiger partial charge >= 0.3 is 0 Å². The lowest BCUT2D eigenvalue weighted by Crippen LogP contribution is -2.46. The van der Waals surface area contributed by atoms with Crippen LogP contribution in [0.15, 0.2) is 53.0 Å². The first-order valence-corrected chi connectivity index (χ1v) is 10.00. The number of nitrogens with zero attached hydrogens (tertiary/aromatic N) is 2. The Morgan fingerprint density at radius 2 is 1.73 bits per heavy atom. The van der Waals surface area contributed by atoms with Gasteiger partial charge in [0.2, 0.25) is 0 Å². The Kier molecular flexibility index (Phi) is 8.42. The molecule has 2 N–H and O–H groups in total. The van der Waals surface area contributed by atoms with Crippen LogP contribution in [-0.4, -0.2) is 37.1 Å². The van der Waals surface area contributed by atoms with Crippen molar-refractivity contribution in [1.29, 1.82) is 0 Å². The van der Waals surface area contributed by atoms with Gasteiger partial charge in [0.25, 0.3) is 0 Å². The summed E-state index contributed by atoms with van der Waals surface area (Å²) in [5.41, 5.74) is 10.3. The molecule has 1 atom stereocenters. The summed E-state index contributed by atoms with van der Waals surface area (Å²) >= 11 is 3.61. The third-order valence-corrected chi connectivity index (χ3v) is 5.50. The summed E-state index contributed by atoms with van der Waals surface area (Å²) in [6.45, 7) is 7.55. The van der Waals surface area contributed by atoms with E-state index in [2.05, 4.69) is 81.2 Å². The fourth-order valence-electron chi connectivity index (χ4n) is 3.44. The molecule has 0 spiro atoms. The minimum atomic E-state index is 0. The van der Waals surface area contributed by atoms with Gasteiger partial charge in [0, 0.05) is 48.9 Å². The summed E-state index contributed by atoms with van der Waals surface area (Å²) in [6.07, 6.45) is 1.95. The molecule has 26 heavy (non-hydrogen) atoms. The molecular formula is C21H29BrClN3. The molecule has 1 fully saturated rings. The van der Waals surface area contributed by atoms with E-state index in [4.69, 9.17) is 5.73 Å². The Bertz CT molecular complexity index is 672. The zero-order valence-corrected chi connectivity index (χ0v) is 17.8. The van der Waals surface area contributed by atoms with Crippen LogP contribution in [-0.2, 0) is 13.0 Å². The summed E-state index contributed by atoms with van der Waals surface area (Å²) in [5, 5.41) is 0. The Hall–Kier alpha value is -1.07. The van der Waals surface area contributed by atoms with Gasteiger partial charge in [-0.25, -0.2) is 0 Å². The quantitative estimate of drug-likeness (QED) is 0.722. The van der Waals surface area contributed by atoms with Gasteiger partial charge in [-0.15, -0.1) is 12.4 Å². The minimum Gasteiger partial charge on any atom is -0.369 e. The number of hydrogen-bond donors (Lipinski definition) is 1. The highest BCUT2D eigenvalue weighted by molar-refractivity contribution is 9.10. The van der Waals surface area contributed by atoms with E-state index in [-0.39, 0.29) is 18.4 Å². The molecule has 0 aliphatic carbocycles. The van der Waals surface area contributed by atoms with Gasteiger partial charge in [-0.1, -0.05) is 53.2 Å². The van der Waals surface area contributed by atoms with Crippen molar-refractivity contribution >= 4 is 34.0 Å². The molecule has 0 radical (unpaired) electrons. The molecule has 0 amide bonds. The van der Waals surface area contributed by atoms with Crippen molar-refractivity contribution in [2.45, 2.75) is 32.4 Å². The monoisotopic (exact) mass is 437 g/mol. The molecule has 1 unspecified atom stereocenters. The number of anilines is 1. The van der Waals surface area contributed by atoms with E-state index in [0.29, 0.717) is 0 Å². The average Bonchev–Trinajstić information content (AvgIpc) is 2.63. The normalized spacial score (nSPS) is 16.2. The molecule has 142 valence electrons. The lowest BCUT2D eigenvalue weighted by atomic mass is 10.0. The van der Waals surface area contributed by atoms with Gasteiger partial charge in [-0.2, -0.15) is 0 Å². The Morgan fingerprint density at radius 1 is 1.04 bits per heavy atom. The maximum absolute atomic E-state index is 6.22. The third-order valence-electron chi connectivity index (χ3n) is 5.01. The van der Waals surface area contributed by atoms with Crippen LogP contribution >= 0.6 is 28.3 Å². The van der Waals surface area contributed by atoms with E-state index in [1.807, 2.05) is 0 Å². The lowest BCUT2D eigenvalue weighted by molar-refractivity contribution is 0.249. The molecule has 0 aromatic heterocycles. The molecular weight excluding hydrogens is 410 g/mol. The van der Waals surface area contributed by atoms with Crippen LogP contribution in [0.25, 0.3) is 0 Å². The van der Waals surface area contributed by atoms with Crippen LogP contribution in [0, 0.1) is 0 Å². The first kappa shape index (κ1) is 21.2. The highest BCUT2D eigenvalue weighted by Crippen LogP contribution is 2.27. The van der Waals surface area contributed by atoms with Gasteiger partial charge in [0.1, 0.15) is 0 Å². The topological polar surface area (TPSA) is 32.5 Å². The average molecular weight is 439 g/mol. The van der Waals surface area contributed by atoms with Gasteiger partial charge in [0.05, 0.1) is 0 Å². The molecule has 0 saturated carbocycles. The second-order valence-corrected chi connectivity index (χ2v) is 7.81. The van der Waals surface area contributed by atoms with Crippen molar-refractivity contribution in [1.82, 2.24) is 4.90 Å². The number of halogens is 2. The van der Waals surface area contributed by atoms with Crippen molar-refractivity contribution in [2.75, 3.05) is 31.1 Å². The summed E-state index contributed by atoms with van der Waals surface area (Å²) in [6, 6.07) is 17.6. The molecule has 1 aliphatic heterocycles. The molecule has 0 bridgehead atoms. The third kappa shape index (κ3) is 5.71. The van der Waals surface area contributed by atoms with E-state index >= 15 is 0 Å². The van der Waals surface area contributed by atoms with Crippen molar-refractivity contribution in [3.8, 4) is 0 Å². The standard InChI is InChI=1S/C21H28BrN3.ClH/c1-2-20(23)15-18-14-19(22)8-9-21(18)25-12-10-24(11-13-25)16-17-6-4-3-5-7-17;/h3-9,14,20H,2,10-13,15-16,23H2,1H3;1H. The van der Waals surface area contributed by atoms with Crippen LogP contribution in [0.3, 0.4) is 0 Å². The van der Waals surface area contributed by atoms with Crippen LogP contribution in [0.5, 0.6) is 0 Å². The van der Waals surface area contributed by atoms with Crippen LogP contribution in [0.2, 0.25) is 0 Å². The number of nitrogens with two attached hydrogens (primary N) is 1. The van der Waals surface area contributed by atoms with Gasteiger partial charge in [0.15, 0.2) is 0 Å². The largest absolute Gasteiger partial charge is 0.369 e. The molecule has 1 saturated heterocycles. The van der Waals surface area contributed by atoms with E-state index in [9.17, 15) is 0 Å². The molecule has 3 nitrogen and oxygen atoms in total. The predicted octanol–water partition coefficient (Wildman–Crippen LogP) is 4.47. The van der Waals surface area contributed by atoms with Crippen molar-refractivity contribution in [3.63, 3.8) is 0 Å². The number of piperazine rings is 1. The van der Waals surface area contributed by atoms with Crippen LogP contribution < -0.4 is 10.6 Å². The summed E-state index contributed by atoms with van der Waals surface area (Å²) in [4.78, 5) is 5.06. The fourth-order valence-corrected chi connectivity index (χ4v) is 3.85. The zero-order chi connectivity index (χ0) is 17.6. The molecule has 1 heterocycles. The van der Waals surface area contributed by atoms with E-state index < -0.39 is 0 Å². The maximum Gasteiger partial charge on any atom is 0.0401 e. The first-order valence-electron chi connectivity index (χ1n) is 9.21. The number of rotatable bonds is 6. The second-order valence-electron chi connectivity index (χ2n) is 6.89. The molecule has 1 aliphatic rings. The second kappa shape index (κ2) is 10.3. The highest BCUT2D eigenvalue weighted by Gasteiger charge is 2.20. The Balaban J connectivity index is 0.00000243. The van der Waals surface area contributed by atoms with Gasteiger partial charge in [-0.3, -0.25) is 4.90 Å². The minimum absolute atomic E-state index is 0. The zero-order valence-electron chi connectivity index (χ0n) is 15.4. The molecule has 2 aromatic rings. The smallest absolute Gasteiger partial charge is 0.0401 e. The summed E-state index contributed by atoms with van der Waals surface area (Å²) in [5.74, 6) is 0. The van der Waals surface area contributed by atoms with E-state index in [1.165, 1.54) is 16.8 Å². The number of benzene rings is 2.